The zero-order chi connectivity index (χ0) is 14.5. The number of likely N-dealkylation sites (tertiary alicyclic amines) is 1. The summed E-state index contributed by atoms with van der Waals surface area (Å²) in [4.78, 5) is 25.9. The molecule has 0 radical (unpaired) electrons. The highest BCUT2D eigenvalue weighted by Gasteiger charge is 2.31. The van der Waals surface area contributed by atoms with E-state index in [0.29, 0.717) is 18.7 Å². The maximum Gasteiger partial charge on any atom is 0.326 e. The van der Waals surface area contributed by atoms with Gasteiger partial charge in [0.25, 0.3) is 0 Å². The largest absolute Gasteiger partial charge is 0.480 e. The molecular weight excluding hydrogens is 318 g/mol. The van der Waals surface area contributed by atoms with Crippen molar-refractivity contribution in [1.29, 1.82) is 0 Å². The zero-order valence-electron chi connectivity index (χ0n) is 10.9. The third kappa shape index (κ3) is 4.14. The second-order valence-electron chi connectivity index (χ2n) is 4.64. The third-order valence-corrected chi connectivity index (χ3v) is 5.59. The number of hydrogen-bond acceptors (Lipinski definition) is 4. The first-order chi connectivity index (χ1) is 9.58. The lowest BCUT2D eigenvalue weighted by Crippen LogP contribution is -2.48. The van der Waals surface area contributed by atoms with E-state index in [9.17, 15) is 9.59 Å². The van der Waals surface area contributed by atoms with E-state index in [-0.39, 0.29) is 5.91 Å². The van der Waals surface area contributed by atoms with Gasteiger partial charge >= 0.3 is 5.97 Å². The number of halogens is 1. The fourth-order valence-electron chi connectivity index (χ4n) is 2.24. The summed E-state index contributed by atoms with van der Waals surface area (Å²) in [5, 5.41) is 9.15. The molecule has 1 aromatic rings. The second kappa shape index (κ2) is 7.33. The number of carboxylic acids is 1. The number of rotatable bonds is 5. The minimum Gasteiger partial charge on any atom is -0.480 e. The van der Waals surface area contributed by atoms with E-state index in [1.54, 1.807) is 0 Å². The molecular formula is C13H16ClNO3S2. The van der Waals surface area contributed by atoms with Crippen molar-refractivity contribution in [3.05, 3.63) is 21.3 Å². The predicted molar refractivity (Wildman–Crippen MR) is 82.5 cm³/mol. The fraction of sp³-hybridized carbons (Fsp3) is 0.538. The number of hydrogen-bond donors (Lipinski definition) is 1. The molecule has 0 unspecified atom stereocenters. The summed E-state index contributed by atoms with van der Waals surface area (Å²) in [5.74, 6) is 0.0754. The Hall–Kier alpha value is -0.720. The SMILES string of the molecule is O=C(O)[C@H]1CCCCN1C(=O)CSCc1ccc(Cl)s1. The Morgan fingerprint density at radius 2 is 2.25 bits per heavy atom. The molecule has 1 aliphatic heterocycles. The molecule has 1 aromatic heterocycles. The first-order valence-corrected chi connectivity index (χ1v) is 8.77. The van der Waals surface area contributed by atoms with Crippen molar-refractivity contribution < 1.29 is 14.7 Å². The second-order valence-corrected chi connectivity index (χ2v) is 7.42. The normalized spacial score (nSPS) is 19.1. The minimum atomic E-state index is -0.895. The smallest absolute Gasteiger partial charge is 0.326 e. The van der Waals surface area contributed by atoms with Gasteiger partial charge in [0.1, 0.15) is 6.04 Å². The van der Waals surface area contributed by atoms with Gasteiger partial charge in [0.15, 0.2) is 0 Å². The van der Waals surface area contributed by atoms with E-state index in [1.807, 2.05) is 12.1 Å². The summed E-state index contributed by atoms with van der Waals surface area (Å²) >= 11 is 8.86. The molecule has 0 spiro atoms. The van der Waals surface area contributed by atoms with Crippen LogP contribution in [-0.4, -0.2) is 40.2 Å². The summed E-state index contributed by atoms with van der Waals surface area (Å²) in [5.41, 5.74) is 0. The van der Waals surface area contributed by atoms with Crippen LogP contribution in [0.2, 0.25) is 4.34 Å². The fourth-order valence-corrected chi connectivity index (χ4v) is 4.35. The number of thiophene rings is 1. The van der Waals surface area contributed by atoms with Gasteiger partial charge < -0.3 is 10.0 Å². The average Bonchev–Trinajstić information content (AvgIpc) is 2.84. The molecule has 0 aromatic carbocycles. The Morgan fingerprint density at radius 3 is 2.90 bits per heavy atom. The molecule has 4 nitrogen and oxygen atoms in total. The molecule has 0 aliphatic carbocycles. The van der Waals surface area contributed by atoms with E-state index in [4.69, 9.17) is 16.7 Å². The number of piperidine rings is 1. The molecule has 0 saturated carbocycles. The van der Waals surface area contributed by atoms with Gasteiger partial charge in [-0.05, 0) is 31.4 Å². The van der Waals surface area contributed by atoms with Gasteiger partial charge in [-0.3, -0.25) is 4.79 Å². The molecule has 2 rings (SSSR count). The van der Waals surface area contributed by atoms with Gasteiger partial charge in [0, 0.05) is 17.2 Å². The first-order valence-electron chi connectivity index (χ1n) is 6.42. The quantitative estimate of drug-likeness (QED) is 0.899. The maximum atomic E-state index is 12.1. The van der Waals surface area contributed by atoms with Crippen LogP contribution in [0.25, 0.3) is 0 Å². The molecule has 2 heterocycles. The van der Waals surface area contributed by atoms with Gasteiger partial charge in [-0.25, -0.2) is 4.79 Å². The van der Waals surface area contributed by atoms with Crippen LogP contribution in [0, 0.1) is 0 Å². The molecule has 110 valence electrons. The topological polar surface area (TPSA) is 57.6 Å². The first kappa shape index (κ1) is 15.7. The molecule has 1 N–H and O–H groups in total. The number of nitrogens with zero attached hydrogens (tertiary/aromatic N) is 1. The highest BCUT2D eigenvalue weighted by atomic mass is 35.5. The van der Waals surface area contributed by atoms with E-state index in [1.165, 1.54) is 28.0 Å². The van der Waals surface area contributed by atoms with Crippen molar-refractivity contribution in [1.82, 2.24) is 4.90 Å². The summed E-state index contributed by atoms with van der Waals surface area (Å²) in [6.45, 7) is 0.557. The van der Waals surface area contributed by atoms with Crippen molar-refractivity contribution in [2.75, 3.05) is 12.3 Å². The Bertz CT molecular complexity index is 492. The van der Waals surface area contributed by atoms with Crippen LogP contribution < -0.4 is 0 Å². The predicted octanol–water partition coefficient (Wildman–Crippen LogP) is 3.10. The lowest BCUT2D eigenvalue weighted by molar-refractivity contribution is -0.150. The summed E-state index contributed by atoms with van der Waals surface area (Å²) in [7, 11) is 0. The summed E-state index contributed by atoms with van der Waals surface area (Å²) in [6, 6.07) is 3.15. The number of carboxylic acid groups (broad SMARTS) is 1. The number of carbonyl (C=O) groups is 2. The van der Waals surface area contributed by atoms with Crippen molar-refractivity contribution in [3.8, 4) is 0 Å². The Morgan fingerprint density at radius 1 is 1.45 bits per heavy atom. The van der Waals surface area contributed by atoms with E-state index in [2.05, 4.69) is 0 Å². The van der Waals surface area contributed by atoms with Gasteiger partial charge in [-0.1, -0.05) is 11.6 Å². The number of thioether (sulfide) groups is 1. The molecule has 1 atom stereocenters. The van der Waals surface area contributed by atoms with Crippen LogP contribution in [0.15, 0.2) is 12.1 Å². The highest BCUT2D eigenvalue weighted by molar-refractivity contribution is 7.99. The van der Waals surface area contributed by atoms with Crippen LogP contribution in [0.5, 0.6) is 0 Å². The van der Waals surface area contributed by atoms with Crippen LogP contribution in [0.3, 0.4) is 0 Å². The molecule has 1 fully saturated rings. The average molecular weight is 334 g/mol. The van der Waals surface area contributed by atoms with Crippen molar-refractivity contribution in [3.63, 3.8) is 0 Å². The Kier molecular flexibility index (Phi) is 5.74. The standard InChI is InChI=1S/C13H16ClNO3S2/c14-11-5-4-9(20-11)7-19-8-12(16)15-6-2-1-3-10(15)13(17)18/h4-5,10H,1-3,6-8H2,(H,17,18)/t10-/m1/s1. The van der Waals surface area contributed by atoms with Crippen molar-refractivity contribution in [2.24, 2.45) is 0 Å². The zero-order valence-corrected chi connectivity index (χ0v) is 13.3. The molecule has 20 heavy (non-hydrogen) atoms. The molecule has 1 aliphatic rings. The van der Waals surface area contributed by atoms with Crippen LogP contribution in [-0.2, 0) is 15.3 Å². The van der Waals surface area contributed by atoms with Gasteiger partial charge in [0.2, 0.25) is 5.91 Å². The molecule has 1 amide bonds. The summed E-state index contributed by atoms with van der Waals surface area (Å²) in [6.07, 6.45) is 2.33. The van der Waals surface area contributed by atoms with Gasteiger partial charge in [-0.15, -0.1) is 23.1 Å². The van der Waals surface area contributed by atoms with Crippen molar-refractivity contribution in [2.45, 2.75) is 31.1 Å². The lowest BCUT2D eigenvalue weighted by atomic mass is 10.0. The Balaban J connectivity index is 1.82. The number of aliphatic carboxylic acids is 1. The van der Waals surface area contributed by atoms with E-state index >= 15 is 0 Å². The monoisotopic (exact) mass is 333 g/mol. The van der Waals surface area contributed by atoms with Crippen molar-refractivity contribution >= 4 is 46.6 Å². The minimum absolute atomic E-state index is 0.0789. The van der Waals surface area contributed by atoms with Crippen LogP contribution in [0.1, 0.15) is 24.1 Å². The number of amides is 1. The Labute approximate surface area is 131 Å². The lowest BCUT2D eigenvalue weighted by Gasteiger charge is -2.32. The number of carbonyl (C=O) groups excluding carboxylic acids is 1. The molecule has 0 bridgehead atoms. The molecule has 1 saturated heterocycles. The van der Waals surface area contributed by atoms with E-state index < -0.39 is 12.0 Å². The molecule has 7 heteroatoms. The summed E-state index contributed by atoms with van der Waals surface area (Å²) < 4.78 is 0.744. The van der Waals surface area contributed by atoms with Gasteiger partial charge in [0.05, 0.1) is 10.1 Å². The van der Waals surface area contributed by atoms with Crippen LogP contribution >= 0.6 is 34.7 Å². The maximum absolute atomic E-state index is 12.1. The third-order valence-electron chi connectivity index (χ3n) is 3.21. The van der Waals surface area contributed by atoms with E-state index in [0.717, 1.165) is 27.8 Å². The van der Waals surface area contributed by atoms with Crippen LogP contribution in [0.4, 0.5) is 0 Å². The van der Waals surface area contributed by atoms with Gasteiger partial charge in [-0.2, -0.15) is 0 Å². The highest BCUT2D eigenvalue weighted by Crippen LogP contribution is 2.26.